The van der Waals surface area contributed by atoms with Gasteiger partial charge in [-0.2, -0.15) is 0 Å². The van der Waals surface area contributed by atoms with Crippen LogP contribution in [-0.2, 0) is 19.1 Å². The average Bonchev–Trinajstić information content (AvgIpc) is 3.11. The summed E-state index contributed by atoms with van der Waals surface area (Å²) in [4.78, 5) is 37.2. The Morgan fingerprint density at radius 1 is 1.11 bits per heavy atom. The van der Waals surface area contributed by atoms with Crippen LogP contribution in [0.15, 0.2) is 48.5 Å². The van der Waals surface area contributed by atoms with E-state index < -0.39 is 18.5 Å². The minimum absolute atomic E-state index is 0.0668. The molecule has 2 aromatic carbocycles. The van der Waals surface area contributed by atoms with Gasteiger partial charge in [0.2, 0.25) is 5.91 Å². The molecule has 0 aliphatic carbocycles. The summed E-state index contributed by atoms with van der Waals surface area (Å²) in [6.07, 6.45) is 1.35. The molecule has 1 fully saturated rings. The summed E-state index contributed by atoms with van der Waals surface area (Å²) in [5, 5.41) is 3.13. The van der Waals surface area contributed by atoms with Crippen molar-refractivity contribution in [1.29, 1.82) is 0 Å². The summed E-state index contributed by atoms with van der Waals surface area (Å²) in [5.74, 6) is -0.660. The molecule has 2 aromatic rings. The molecule has 2 amide bonds. The Bertz CT molecular complexity index is 886. The fraction of sp³-hybridized carbons (Fsp3) is 0.250. The van der Waals surface area contributed by atoms with Crippen molar-refractivity contribution in [2.24, 2.45) is 0 Å². The molecule has 8 heteroatoms. The van der Waals surface area contributed by atoms with Gasteiger partial charge in [0.1, 0.15) is 5.75 Å². The van der Waals surface area contributed by atoms with Crippen molar-refractivity contribution < 1.29 is 23.9 Å². The molecule has 7 nitrogen and oxygen atoms in total. The first kappa shape index (κ1) is 19.7. The predicted molar refractivity (Wildman–Crippen MR) is 105 cm³/mol. The molecule has 0 bridgehead atoms. The van der Waals surface area contributed by atoms with Gasteiger partial charge in [-0.25, -0.2) is 4.79 Å². The zero-order chi connectivity index (χ0) is 19.9. The number of halogens is 1. The smallest absolute Gasteiger partial charge is 0.344 e. The van der Waals surface area contributed by atoms with Gasteiger partial charge in [0.05, 0.1) is 0 Å². The van der Waals surface area contributed by atoms with Gasteiger partial charge in [0, 0.05) is 29.4 Å². The van der Waals surface area contributed by atoms with Crippen molar-refractivity contribution in [1.82, 2.24) is 0 Å². The molecule has 0 atom stereocenters. The summed E-state index contributed by atoms with van der Waals surface area (Å²) >= 11 is 5.83. The van der Waals surface area contributed by atoms with E-state index in [0.717, 1.165) is 12.1 Å². The van der Waals surface area contributed by atoms with Gasteiger partial charge >= 0.3 is 5.97 Å². The molecule has 28 heavy (non-hydrogen) atoms. The highest BCUT2D eigenvalue weighted by atomic mass is 35.5. The van der Waals surface area contributed by atoms with Crippen LogP contribution in [0.25, 0.3) is 0 Å². The van der Waals surface area contributed by atoms with Crippen molar-refractivity contribution in [2.45, 2.75) is 12.8 Å². The standard InChI is InChI=1S/C20H19ClN2O5/c21-14-4-1-7-17(10-14)27-13-20(26)28-12-18(24)22-15-5-2-6-16(11-15)23-9-3-8-19(23)25/h1-2,4-7,10-11H,3,8-9,12-13H2,(H,22,24). The molecule has 1 heterocycles. The molecular weight excluding hydrogens is 384 g/mol. The number of nitrogens with one attached hydrogen (secondary N) is 1. The quantitative estimate of drug-likeness (QED) is 0.719. The predicted octanol–water partition coefficient (Wildman–Crippen LogP) is 3.03. The second-order valence-corrected chi connectivity index (χ2v) is 6.59. The third-order valence-electron chi connectivity index (χ3n) is 4.03. The van der Waals surface area contributed by atoms with Crippen molar-refractivity contribution in [3.8, 4) is 5.75 Å². The highest BCUT2D eigenvalue weighted by Crippen LogP contribution is 2.24. The number of nitrogens with zero attached hydrogens (tertiary/aromatic N) is 1. The monoisotopic (exact) mass is 402 g/mol. The largest absolute Gasteiger partial charge is 0.482 e. The van der Waals surface area contributed by atoms with E-state index in [2.05, 4.69) is 5.32 Å². The lowest BCUT2D eigenvalue weighted by Gasteiger charge is -2.16. The molecule has 3 rings (SSSR count). The maximum atomic E-state index is 12.0. The highest BCUT2D eigenvalue weighted by molar-refractivity contribution is 6.30. The van der Waals surface area contributed by atoms with E-state index in [1.54, 1.807) is 47.4 Å². The fourth-order valence-corrected chi connectivity index (χ4v) is 2.94. The first-order valence-corrected chi connectivity index (χ1v) is 9.13. The summed E-state index contributed by atoms with van der Waals surface area (Å²) in [5.41, 5.74) is 1.25. The summed E-state index contributed by atoms with van der Waals surface area (Å²) in [7, 11) is 0. The Kier molecular flexibility index (Phi) is 6.49. The number of hydrogen-bond donors (Lipinski definition) is 1. The number of hydrogen-bond acceptors (Lipinski definition) is 5. The molecule has 1 N–H and O–H groups in total. The Morgan fingerprint density at radius 2 is 1.93 bits per heavy atom. The number of rotatable bonds is 7. The Morgan fingerprint density at radius 3 is 2.68 bits per heavy atom. The van der Waals surface area contributed by atoms with Crippen LogP contribution >= 0.6 is 11.6 Å². The number of anilines is 2. The lowest BCUT2D eigenvalue weighted by Crippen LogP contribution is -2.25. The normalized spacial score (nSPS) is 13.3. The number of esters is 1. The third kappa shape index (κ3) is 5.47. The van der Waals surface area contributed by atoms with Gasteiger partial charge in [0.25, 0.3) is 5.91 Å². The van der Waals surface area contributed by atoms with Crippen molar-refractivity contribution >= 4 is 40.8 Å². The van der Waals surface area contributed by atoms with E-state index in [9.17, 15) is 14.4 Å². The minimum Gasteiger partial charge on any atom is -0.482 e. The van der Waals surface area contributed by atoms with Crippen LogP contribution in [0, 0.1) is 0 Å². The molecule has 0 unspecified atom stereocenters. The van der Waals surface area contributed by atoms with Gasteiger partial charge < -0.3 is 19.7 Å². The van der Waals surface area contributed by atoms with E-state index in [-0.39, 0.29) is 12.5 Å². The first-order chi connectivity index (χ1) is 13.5. The van der Waals surface area contributed by atoms with Crippen molar-refractivity contribution in [3.05, 3.63) is 53.6 Å². The van der Waals surface area contributed by atoms with Gasteiger partial charge in [0.15, 0.2) is 13.2 Å². The molecule has 146 valence electrons. The lowest BCUT2D eigenvalue weighted by atomic mass is 10.2. The molecule has 1 aliphatic rings. The van der Waals surface area contributed by atoms with Crippen molar-refractivity contribution in [2.75, 3.05) is 30.0 Å². The van der Waals surface area contributed by atoms with E-state index in [1.165, 1.54) is 0 Å². The minimum atomic E-state index is -0.675. The second-order valence-electron chi connectivity index (χ2n) is 6.15. The summed E-state index contributed by atoms with van der Waals surface area (Å²) < 4.78 is 10.2. The molecule has 1 aliphatic heterocycles. The number of carbonyl (C=O) groups is 3. The van der Waals surface area contributed by atoms with Crippen molar-refractivity contribution in [3.63, 3.8) is 0 Å². The lowest BCUT2D eigenvalue weighted by molar-refractivity contribution is -0.149. The second kappa shape index (κ2) is 9.23. The molecule has 0 radical (unpaired) electrons. The number of benzene rings is 2. The van der Waals surface area contributed by atoms with E-state index in [0.29, 0.717) is 29.4 Å². The Labute approximate surface area is 167 Å². The molecule has 1 saturated heterocycles. The Hall–Kier alpha value is -3.06. The topological polar surface area (TPSA) is 84.9 Å². The van der Waals surface area contributed by atoms with E-state index in [1.807, 2.05) is 6.07 Å². The molecule has 0 aromatic heterocycles. The fourth-order valence-electron chi connectivity index (χ4n) is 2.76. The summed E-state index contributed by atoms with van der Waals surface area (Å²) in [6, 6.07) is 13.6. The van der Waals surface area contributed by atoms with Crippen LogP contribution in [0.1, 0.15) is 12.8 Å². The van der Waals surface area contributed by atoms with Crippen LogP contribution in [-0.4, -0.2) is 37.5 Å². The number of carbonyl (C=O) groups excluding carboxylic acids is 3. The van der Waals surface area contributed by atoms with Gasteiger partial charge in [-0.05, 0) is 42.8 Å². The average molecular weight is 403 g/mol. The maximum absolute atomic E-state index is 12.0. The zero-order valence-electron chi connectivity index (χ0n) is 15.0. The van der Waals surface area contributed by atoms with Crippen LogP contribution in [0.5, 0.6) is 5.75 Å². The number of amides is 2. The number of ether oxygens (including phenoxy) is 2. The van der Waals surface area contributed by atoms with E-state index in [4.69, 9.17) is 21.1 Å². The maximum Gasteiger partial charge on any atom is 0.344 e. The van der Waals surface area contributed by atoms with Crippen LogP contribution in [0.3, 0.4) is 0 Å². The van der Waals surface area contributed by atoms with Gasteiger partial charge in [-0.3, -0.25) is 9.59 Å². The van der Waals surface area contributed by atoms with Crippen LogP contribution in [0.2, 0.25) is 5.02 Å². The van der Waals surface area contributed by atoms with Gasteiger partial charge in [-0.1, -0.05) is 23.7 Å². The third-order valence-corrected chi connectivity index (χ3v) is 4.27. The van der Waals surface area contributed by atoms with E-state index >= 15 is 0 Å². The van der Waals surface area contributed by atoms with Crippen LogP contribution in [0.4, 0.5) is 11.4 Å². The van der Waals surface area contributed by atoms with Gasteiger partial charge in [-0.15, -0.1) is 0 Å². The Balaban J connectivity index is 1.45. The SMILES string of the molecule is O=C(COC(=O)COc1cccc(Cl)c1)Nc1cccc(N2CCCC2=O)c1. The summed E-state index contributed by atoms with van der Waals surface area (Å²) in [6.45, 7) is -0.106. The zero-order valence-corrected chi connectivity index (χ0v) is 15.8. The molecular formula is C20H19ClN2O5. The van der Waals surface area contributed by atoms with Crippen LogP contribution < -0.4 is 15.0 Å². The molecule has 0 saturated carbocycles. The molecule has 0 spiro atoms. The first-order valence-electron chi connectivity index (χ1n) is 8.75. The highest BCUT2D eigenvalue weighted by Gasteiger charge is 2.21.